The Kier molecular flexibility index (Phi) is 11.9. The number of carbonyl (C=O) groups is 2. The van der Waals surface area contributed by atoms with Gasteiger partial charge in [-0.1, -0.05) is 43.3 Å². The Hall–Kier alpha value is -3.87. The molecule has 0 aromatic heterocycles. The lowest BCUT2D eigenvalue weighted by atomic mass is 10.0. The fourth-order valence-corrected chi connectivity index (χ4v) is 6.12. The number of sulfonamides is 1. The standard InChI is InChI=1S/C34H46N4O7S/c1-23-20-38(24(2)22-39)33(40)29-19-27(36-46(5,42)43)16-17-31(29)45-25(3)11-8-9-18-44-32(23)21-37(4)34(41)35-30-15-10-13-26-12-6-7-14-28(26)30/h6-7,10,12-17,19,23-25,32,36,39H,8-9,11,18,20-22H2,1-5H3,(H,35,41)/t23-,24-,25-,32+/m1/s1. The highest BCUT2D eigenvalue weighted by molar-refractivity contribution is 7.92. The van der Waals surface area contributed by atoms with Crippen LogP contribution < -0.4 is 14.8 Å². The molecule has 0 saturated heterocycles. The third-order valence-corrected chi connectivity index (χ3v) is 8.79. The van der Waals surface area contributed by atoms with Crippen LogP contribution in [0.25, 0.3) is 10.8 Å². The Labute approximate surface area is 271 Å². The van der Waals surface area contributed by atoms with Crippen molar-refractivity contribution in [3.8, 4) is 5.75 Å². The number of anilines is 2. The first-order chi connectivity index (χ1) is 21.9. The first-order valence-electron chi connectivity index (χ1n) is 15.7. The number of likely N-dealkylation sites (N-methyl/N-ethyl adjacent to an activating group) is 1. The van der Waals surface area contributed by atoms with Crippen LogP contribution in [0.4, 0.5) is 16.2 Å². The Balaban J connectivity index is 1.60. The zero-order chi connectivity index (χ0) is 33.4. The van der Waals surface area contributed by atoms with E-state index in [-0.39, 0.29) is 49.0 Å². The summed E-state index contributed by atoms with van der Waals surface area (Å²) < 4.78 is 38.9. The van der Waals surface area contributed by atoms with Gasteiger partial charge in [-0.3, -0.25) is 9.52 Å². The Morgan fingerprint density at radius 2 is 1.85 bits per heavy atom. The van der Waals surface area contributed by atoms with E-state index in [2.05, 4.69) is 10.0 Å². The highest BCUT2D eigenvalue weighted by Crippen LogP contribution is 2.29. The smallest absolute Gasteiger partial charge is 0.321 e. The van der Waals surface area contributed by atoms with Crippen LogP contribution in [0, 0.1) is 5.92 Å². The number of fused-ring (bicyclic) bond motifs is 2. The van der Waals surface area contributed by atoms with E-state index in [0.717, 1.165) is 29.9 Å². The third kappa shape index (κ3) is 9.34. The quantitative estimate of drug-likeness (QED) is 0.320. The summed E-state index contributed by atoms with van der Waals surface area (Å²) in [6.07, 6.45) is 2.72. The lowest BCUT2D eigenvalue weighted by Gasteiger charge is -2.35. The predicted molar refractivity (Wildman–Crippen MR) is 181 cm³/mol. The van der Waals surface area contributed by atoms with Gasteiger partial charge < -0.3 is 29.7 Å². The number of nitrogens with one attached hydrogen (secondary N) is 2. The number of carbonyl (C=O) groups excluding carboxylic acids is 2. The highest BCUT2D eigenvalue weighted by Gasteiger charge is 2.31. The predicted octanol–water partition coefficient (Wildman–Crippen LogP) is 5.17. The summed E-state index contributed by atoms with van der Waals surface area (Å²) in [5.41, 5.74) is 1.13. The topological polar surface area (TPSA) is 138 Å². The van der Waals surface area contributed by atoms with E-state index in [9.17, 15) is 23.1 Å². The van der Waals surface area contributed by atoms with Crippen LogP contribution in [0.3, 0.4) is 0 Å². The van der Waals surface area contributed by atoms with E-state index in [4.69, 9.17) is 9.47 Å². The third-order valence-electron chi connectivity index (χ3n) is 8.19. The van der Waals surface area contributed by atoms with Crippen LogP contribution >= 0.6 is 0 Å². The molecule has 250 valence electrons. The zero-order valence-corrected chi connectivity index (χ0v) is 28.0. The molecule has 0 spiro atoms. The monoisotopic (exact) mass is 654 g/mol. The van der Waals surface area contributed by atoms with Crippen LogP contribution in [0.1, 0.15) is 50.4 Å². The average Bonchev–Trinajstić information content (AvgIpc) is 3.01. The van der Waals surface area contributed by atoms with Gasteiger partial charge in [0.15, 0.2) is 0 Å². The van der Waals surface area contributed by atoms with Crippen LogP contribution in [0.2, 0.25) is 0 Å². The molecule has 3 N–H and O–H groups in total. The summed E-state index contributed by atoms with van der Waals surface area (Å²) in [5.74, 6) is -0.311. The molecule has 4 rings (SSSR count). The molecule has 0 saturated carbocycles. The molecule has 1 heterocycles. The van der Waals surface area contributed by atoms with Crippen molar-refractivity contribution in [2.75, 3.05) is 49.6 Å². The molecule has 0 radical (unpaired) electrons. The van der Waals surface area contributed by atoms with Gasteiger partial charge >= 0.3 is 6.03 Å². The molecule has 3 amide bonds. The number of urea groups is 1. The molecule has 0 aliphatic carbocycles. The summed E-state index contributed by atoms with van der Waals surface area (Å²) in [7, 11) is -1.88. The SMILES string of the molecule is C[C@@H]1CCCCO[C@@H](CN(C)C(=O)Nc2cccc3ccccc23)[C@H](C)CN([C@H](C)CO)C(=O)c2cc(NS(C)(=O)=O)ccc2O1. The maximum Gasteiger partial charge on any atom is 0.321 e. The Bertz CT molecular complexity index is 1610. The van der Waals surface area contributed by atoms with Gasteiger partial charge in [0.25, 0.3) is 5.91 Å². The first-order valence-corrected chi connectivity index (χ1v) is 17.6. The van der Waals surface area contributed by atoms with Gasteiger partial charge in [0.1, 0.15) is 5.75 Å². The number of nitrogens with zero attached hydrogens (tertiary/aromatic N) is 2. The summed E-state index contributed by atoms with van der Waals surface area (Å²) in [6, 6.07) is 17.4. The van der Waals surface area contributed by atoms with E-state index in [0.29, 0.717) is 24.5 Å². The number of ether oxygens (including phenoxy) is 2. The molecule has 46 heavy (non-hydrogen) atoms. The average molecular weight is 655 g/mol. The Morgan fingerprint density at radius 3 is 2.59 bits per heavy atom. The van der Waals surface area contributed by atoms with Gasteiger partial charge in [-0.05, 0) is 62.8 Å². The van der Waals surface area contributed by atoms with Crippen molar-refractivity contribution in [2.24, 2.45) is 5.92 Å². The molecule has 12 heteroatoms. The van der Waals surface area contributed by atoms with Crippen molar-refractivity contribution in [2.45, 2.75) is 58.3 Å². The lowest BCUT2D eigenvalue weighted by Crippen LogP contribution is -2.48. The van der Waals surface area contributed by atoms with Gasteiger partial charge in [0.05, 0.1) is 42.4 Å². The molecular weight excluding hydrogens is 608 g/mol. The van der Waals surface area contributed by atoms with Crippen molar-refractivity contribution >= 4 is 44.1 Å². The maximum absolute atomic E-state index is 14.2. The van der Waals surface area contributed by atoms with Crippen LogP contribution in [0.15, 0.2) is 60.7 Å². The summed E-state index contributed by atoms with van der Waals surface area (Å²) in [4.78, 5) is 30.7. The van der Waals surface area contributed by atoms with Gasteiger partial charge in [-0.2, -0.15) is 0 Å². The van der Waals surface area contributed by atoms with Crippen LogP contribution in [-0.4, -0.2) is 93.1 Å². The molecule has 0 fully saturated rings. The minimum absolute atomic E-state index is 0.189. The van der Waals surface area contributed by atoms with Crippen LogP contribution in [0.5, 0.6) is 5.75 Å². The summed E-state index contributed by atoms with van der Waals surface area (Å²) in [6.45, 7) is 6.29. The number of aliphatic hydroxyl groups is 1. The minimum Gasteiger partial charge on any atom is -0.490 e. The van der Waals surface area contributed by atoms with E-state index in [1.165, 1.54) is 6.07 Å². The van der Waals surface area contributed by atoms with Gasteiger partial charge in [-0.25, -0.2) is 13.2 Å². The Morgan fingerprint density at radius 1 is 1.11 bits per heavy atom. The van der Waals surface area contributed by atoms with Gasteiger partial charge in [0.2, 0.25) is 10.0 Å². The molecule has 4 atom stereocenters. The molecular formula is C34H46N4O7S. The number of benzene rings is 3. The second-order valence-electron chi connectivity index (χ2n) is 12.2. The second kappa shape index (κ2) is 15.6. The number of hydrogen-bond acceptors (Lipinski definition) is 7. The van der Waals surface area contributed by atoms with E-state index in [1.807, 2.05) is 56.3 Å². The van der Waals surface area contributed by atoms with Crippen molar-refractivity contribution in [1.29, 1.82) is 0 Å². The van der Waals surface area contributed by atoms with Crippen molar-refractivity contribution in [3.05, 3.63) is 66.2 Å². The molecule has 0 bridgehead atoms. The first kappa shape index (κ1) is 35.0. The van der Waals surface area contributed by atoms with E-state index < -0.39 is 28.1 Å². The lowest BCUT2D eigenvalue weighted by molar-refractivity contribution is -0.0115. The van der Waals surface area contributed by atoms with E-state index in [1.54, 1.807) is 35.9 Å². The molecule has 1 aliphatic rings. The zero-order valence-electron chi connectivity index (χ0n) is 27.2. The van der Waals surface area contributed by atoms with Crippen molar-refractivity contribution in [1.82, 2.24) is 9.80 Å². The number of aliphatic hydroxyl groups excluding tert-OH is 1. The summed E-state index contributed by atoms with van der Waals surface area (Å²) >= 11 is 0. The maximum atomic E-state index is 14.2. The summed E-state index contributed by atoms with van der Waals surface area (Å²) in [5, 5.41) is 15.1. The van der Waals surface area contributed by atoms with Crippen molar-refractivity contribution in [3.63, 3.8) is 0 Å². The fraction of sp³-hybridized carbons (Fsp3) is 0.471. The minimum atomic E-state index is -3.59. The number of rotatable bonds is 7. The van der Waals surface area contributed by atoms with Crippen molar-refractivity contribution < 1.29 is 32.6 Å². The largest absolute Gasteiger partial charge is 0.490 e. The van der Waals surface area contributed by atoms with Gasteiger partial charge in [-0.15, -0.1) is 0 Å². The molecule has 1 aliphatic heterocycles. The highest BCUT2D eigenvalue weighted by atomic mass is 32.2. The molecule has 11 nitrogen and oxygen atoms in total. The van der Waals surface area contributed by atoms with Gasteiger partial charge in [0, 0.05) is 43.7 Å². The van der Waals surface area contributed by atoms with Crippen LogP contribution in [-0.2, 0) is 14.8 Å². The van der Waals surface area contributed by atoms with E-state index >= 15 is 0 Å². The molecule has 3 aromatic rings. The second-order valence-corrected chi connectivity index (χ2v) is 14.0. The number of hydrogen-bond donors (Lipinski definition) is 3. The normalized spacial score (nSPS) is 20.6. The molecule has 0 unspecified atom stereocenters. The molecule has 3 aromatic carbocycles. The fourth-order valence-electron chi connectivity index (χ4n) is 5.56. The number of amides is 3.